The van der Waals surface area contributed by atoms with Gasteiger partial charge < -0.3 is 15.6 Å². The van der Waals surface area contributed by atoms with Crippen molar-refractivity contribution in [1.82, 2.24) is 10.1 Å². The van der Waals surface area contributed by atoms with E-state index in [9.17, 15) is 4.79 Å². The van der Waals surface area contributed by atoms with Crippen molar-refractivity contribution in [2.45, 2.75) is 47.1 Å². The molecule has 1 amide bonds. The molecule has 1 heterocycles. The molecule has 0 unspecified atom stereocenters. The van der Waals surface area contributed by atoms with E-state index in [4.69, 9.17) is 10.3 Å². The third-order valence-electron chi connectivity index (χ3n) is 3.74. The van der Waals surface area contributed by atoms with Crippen LogP contribution in [0.2, 0.25) is 0 Å². The van der Waals surface area contributed by atoms with Gasteiger partial charge in [-0.1, -0.05) is 38.9 Å². The quantitative estimate of drug-likeness (QED) is 0.880. The molecule has 6 nitrogen and oxygen atoms in total. The van der Waals surface area contributed by atoms with Gasteiger partial charge in [-0.25, -0.2) is 0 Å². The Morgan fingerprint density at radius 1 is 1.38 bits per heavy atom. The molecule has 24 heavy (non-hydrogen) atoms. The van der Waals surface area contributed by atoms with Crippen LogP contribution >= 0.6 is 12.4 Å². The highest BCUT2D eigenvalue weighted by atomic mass is 35.5. The molecule has 0 fully saturated rings. The Balaban J connectivity index is 0.00000288. The van der Waals surface area contributed by atoms with Crippen molar-refractivity contribution >= 4 is 24.0 Å². The standard InChI is InChI=1S/C17H24N4O2.ClH/c1-6-13-20-16(23-21-13)11-8-7-10(2)12(9-11)19-15(22)14(18)17(3,4)5;/h7-9,14H,6,18H2,1-5H3,(H,19,22);1H/t14-;/m1./s1. The van der Waals surface area contributed by atoms with Gasteiger partial charge in [0.1, 0.15) is 0 Å². The molecule has 0 bridgehead atoms. The van der Waals surface area contributed by atoms with Crippen molar-refractivity contribution in [3.63, 3.8) is 0 Å². The average Bonchev–Trinajstić information content (AvgIpc) is 2.96. The Morgan fingerprint density at radius 3 is 2.58 bits per heavy atom. The fourth-order valence-corrected chi connectivity index (χ4v) is 2.01. The molecule has 0 spiro atoms. The van der Waals surface area contributed by atoms with E-state index < -0.39 is 6.04 Å². The lowest BCUT2D eigenvalue weighted by molar-refractivity contribution is -0.119. The number of carbonyl (C=O) groups excluding carboxylic acids is 1. The Kier molecular flexibility index (Phi) is 6.51. The molecule has 0 radical (unpaired) electrons. The van der Waals surface area contributed by atoms with E-state index in [1.54, 1.807) is 0 Å². The van der Waals surface area contributed by atoms with E-state index in [2.05, 4.69) is 15.5 Å². The van der Waals surface area contributed by atoms with Crippen LogP contribution in [0.4, 0.5) is 5.69 Å². The zero-order valence-electron chi connectivity index (χ0n) is 14.7. The zero-order chi connectivity index (χ0) is 17.2. The highest BCUT2D eigenvalue weighted by molar-refractivity contribution is 5.96. The van der Waals surface area contributed by atoms with Crippen LogP contribution in [0.25, 0.3) is 11.5 Å². The summed E-state index contributed by atoms with van der Waals surface area (Å²) in [4.78, 5) is 16.6. The summed E-state index contributed by atoms with van der Waals surface area (Å²) < 4.78 is 5.24. The van der Waals surface area contributed by atoms with E-state index in [-0.39, 0.29) is 23.7 Å². The first-order valence-electron chi connectivity index (χ1n) is 7.72. The summed E-state index contributed by atoms with van der Waals surface area (Å²) in [5, 5.41) is 6.78. The minimum atomic E-state index is -0.597. The lowest BCUT2D eigenvalue weighted by atomic mass is 9.87. The number of nitrogens with one attached hydrogen (secondary N) is 1. The van der Waals surface area contributed by atoms with E-state index >= 15 is 0 Å². The smallest absolute Gasteiger partial charge is 0.257 e. The van der Waals surface area contributed by atoms with Crippen molar-refractivity contribution < 1.29 is 9.32 Å². The van der Waals surface area contributed by atoms with Gasteiger partial charge in [0.2, 0.25) is 5.91 Å². The molecule has 2 rings (SSSR count). The lowest BCUT2D eigenvalue weighted by Crippen LogP contribution is -2.45. The molecule has 0 aliphatic carbocycles. The predicted octanol–water partition coefficient (Wildman–Crippen LogP) is 3.34. The second kappa shape index (κ2) is 7.77. The Hall–Kier alpha value is -1.92. The molecule has 7 heteroatoms. The van der Waals surface area contributed by atoms with Gasteiger partial charge in [-0.2, -0.15) is 4.98 Å². The van der Waals surface area contributed by atoms with Gasteiger partial charge in [0.05, 0.1) is 6.04 Å². The number of hydrogen-bond donors (Lipinski definition) is 2. The van der Waals surface area contributed by atoms with Gasteiger partial charge >= 0.3 is 0 Å². The minimum absolute atomic E-state index is 0. The van der Waals surface area contributed by atoms with Gasteiger partial charge in [-0.05, 0) is 30.0 Å². The molecule has 1 aromatic carbocycles. The average molecular weight is 353 g/mol. The second-order valence-electron chi connectivity index (χ2n) is 6.73. The van der Waals surface area contributed by atoms with Gasteiger partial charge in [0.15, 0.2) is 5.82 Å². The molecule has 1 aromatic heterocycles. The summed E-state index contributed by atoms with van der Waals surface area (Å²) in [6, 6.07) is 5.03. The second-order valence-corrected chi connectivity index (χ2v) is 6.73. The summed E-state index contributed by atoms with van der Waals surface area (Å²) in [7, 11) is 0. The number of benzene rings is 1. The number of hydrogen-bond acceptors (Lipinski definition) is 5. The first kappa shape index (κ1) is 20.1. The number of aryl methyl sites for hydroxylation is 2. The molecule has 0 aliphatic rings. The van der Waals surface area contributed by atoms with E-state index in [0.29, 0.717) is 23.8 Å². The summed E-state index contributed by atoms with van der Waals surface area (Å²) in [5.41, 5.74) is 8.11. The molecular weight excluding hydrogens is 328 g/mol. The normalized spacial score (nSPS) is 12.4. The summed E-state index contributed by atoms with van der Waals surface area (Å²) in [6.07, 6.45) is 0.708. The van der Waals surface area contributed by atoms with Crippen molar-refractivity contribution in [2.75, 3.05) is 5.32 Å². The summed E-state index contributed by atoms with van der Waals surface area (Å²) in [5.74, 6) is 0.885. The van der Waals surface area contributed by atoms with Crippen molar-refractivity contribution in [3.8, 4) is 11.5 Å². The highest BCUT2D eigenvalue weighted by Gasteiger charge is 2.27. The van der Waals surface area contributed by atoms with Crippen LogP contribution in [0.15, 0.2) is 22.7 Å². The highest BCUT2D eigenvalue weighted by Crippen LogP contribution is 2.25. The van der Waals surface area contributed by atoms with Gasteiger partial charge in [-0.3, -0.25) is 4.79 Å². The minimum Gasteiger partial charge on any atom is -0.334 e. The Labute approximate surface area is 148 Å². The molecule has 0 saturated heterocycles. The monoisotopic (exact) mass is 352 g/mol. The SMILES string of the molecule is CCc1noc(-c2ccc(C)c(NC(=O)[C@@H](N)C(C)(C)C)c2)n1.Cl. The number of nitrogens with zero attached hydrogens (tertiary/aromatic N) is 2. The first-order valence-corrected chi connectivity index (χ1v) is 7.72. The number of halogens is 1. The van der Waals surface area contributed by atoms with E-state index in [1.807, 2.05) is 52.8 Å². The van der Waals surface area contributed by atoms with Crippen molar-refractivity contribution in [1.29, 1.82) is 0 Å². The number of amides is 1. The number of nitrogens with two attached hydrogens (primary N) is 1. The van der Waals surface area contributed by atoms with Crippen molar-refractivity contribution in [2.24, 2.45) is 11.1 Å². The third-order valence-corrected chi connectivity index (χ3v) is 3.74. The van der Waals surface area contributed by atoms with Crippen LogP contribution in [0.5, 0.6) is 0 Å². The van der Waals surface area contributed by atoms with Crippen LogP contribution in [-0.2, 0) is 11.2 Å². The van der Waals surface area contributed by atoms with Crippen LogP contribution in [-0.4, -0.2) is 22.1 Å². The molecule has 1 atom stereocenters. The number of anilines is 1. The molecule has 132 valence electrons. The maximum Gasteiger partial charge on any atom is 0.257 e. The van der Waals surface area contributed by atoms with Gasteiger partial charge in [-0.15, -0.1) is 12.4 Å². The molecule has 3 N–H and O–H groups in total. The summed E-state index contributed by atoms with van der Waals surface area (Å²) >= 11 is 0. The first-order chi connectivity index (χ1) is 10.7. The lowest BCUT2D eigenvalue weighted by Gasteiger charge is -2.26. The molecule has 0 aliphatic heterocycles. The molecular formula is C17H25ClN4O2. The Bertz CT molecular complexity index is 707. The predicted molar refractivity (Wildman–Crippen MR) is 97.2 cm³/mol. The fourth-order valence-electron chi connectivity index (χ4n) is 2.01. The van der Waals surface area contributed by atoms with E-state index in [0.717, 1.165) is 11.1 Å². The van der Waals surface area contributed by atoms with E-state index in [1.165, 1.54) is 0 Å². The van der Waals surface area contributed by atoms with Gasteiger partial charge in [0.25, 0.3) is 5.89 Å². The molecule has 0 saturated carbocycles. The topological polar surface area (TPSA) is 94.0 Å². The maximum atomic E-state index is 12.3. The van der Waals surface area contributed by atoms with Crippen LogP contribution in [0.3, 0.4) is 0 Å². The zero-order valence-corrected chi connectivity index (χ0v) is 15.5. The molecule has 2 aromatic rings. The largest absolute Gasteiger partial charge is 0.334 e. The van der Waals surface area contributed by atoms with Gasteiger partial charge in [0, 0.05) is 17.7 Å². The summed E-state index contributed by atoms with van der Waals surface area (Å²) in [6.45, 7) is 9.69. The maximum absolute atomic E-state index is 12.3. The van der Waals surface area contributed by atoms with Crippen LogP contribution < -0.4 is 11.1 Å². The van der Waals surface area contributed by atoms with Crippen LogP contribution in [0, 0.1) is 12.3 Å². The van der Waals surface area contributed by atoms with Crippen LogP contribution in [0.1, 0.15) is 39.1 Å². The van der Waals surface area contributed by atoms with Crippen molar-refractivity contribution in [3.05, 3.63) is 29.6 Å². The number of rotatable bonds is 4. The fraction of sp³-hybridized carbons (Fsp3) is 0.471. The third kappa shape index (κ3) is 4.55. The Morgan fingerprint density at radius 2 is 2.04 bits per heavy atom. The number of carbonyl (C=O) groups is 1. The number of aromatic nitrogens is 2.